The second-order valence-corrected chi connectivity index (χ2v) is 6.64. The molecule has 0 aromatic heterocycles. The zero-order valence-electron chi connectivity index (χ0n) is 11.3. The first-order valence-electron chi connectivity index (χ1n) is 7.19. The average molecular weight is 310 g/mol. The van der Waals surface area contributed by atoms with Crippen molar-refractivity contribution in [3.8, 4) is 0 Å². The zero-order chi connectivity index (χ0) is 12.8. The molecule has 1 nitrogen and oxygen atoms in total. The molecule has 2 rings (SSSR count). The van der Waals surface area contributed by atoms with E-state index in [0.717, 1.165) is 24.9 Å². The van der Waals surface area contributed by atoms with Crippen LogP contribution in [0.5, 0.6) is 0 Å². The minimum atomic E-state index is 0.968. The van der Waals surface area contributed by atoms with E-state index in [2.05, 4.69) is 52.4 Å². The van der Waals surface area contributed by atoms with Gasteiger partial charge in [0, 0.05) is 11.0 Å². The van der Waals surface area contributed by atoms with Crippen molar-refractivity contribution in [1.29, 1.82) is 0 Å². The quantitative estimate of drug-likeness (QED) is 0.774. The molecule has 0 saturated heterocycles. The fraction of sp³-hybridized carbons (Fsp3) is 0.625. The van der Waals surface area contributed by atoms with Gasteiger partial charge in [-0.1, -0.05) is 60.7 Å². The van der Waals surface area contributed by atoms with E-state index in [1.54, 1.807) is 0 Å². The van der Waals surface area contributed by atoms with Gasteiger partial charge in [-0.05, 0) is 42.5 Å². The van der Waals surface area contributed by atoms with Gasteiger partial charge >= 0.3 is 0 Å². The second-order valence-electron chi connectivity index (χ2n) is 5.72. The van der Waals surface area contributed by atoms with Crippen LogP contribution < -0.4 is 5.32 Å². The molecule has 0 heterocycles. The molecule has 1 N–H and O–H groups in total. The van der Waals surface area contributed by atoms with Gasteiger partial charge in [0.15, 0.2) is 0 Å². The summed E-state index contributed by atoms with van der Waals surface area (Å²) in [4.78, 5) is 0. The van der Waals surface area contributed by atoms with Gasteiger partial charge in [0.05, 0.1) is 0 Å². The molecule has 1 aromatic carbocycles. The summed E-state index contributed by atoms with van der Waals surface area (Å²) in [5.41, 5.74) is 1.36. The number of hydrogen-bond donors (Lipinski definition) is 1. The van der Waals surface area contributed by atoms with E-state index in [-0.39, 0.29) is 0 Å². The largest absolute Gasteiger partial charge is 0.313 e. The highest BCUT2D eigenvalue weighted by atomic mass is 79.9. The first kappa shape index (κ1) is 14.1. The smallest absolute Gasteiger partial charge is 0.0205 e. The van der Waals surface area contributed by atoms with Crippen LogP contribution in [0, 0.1) is 11.8 Å². The molecule has 2 heteroatoms. The van der Waals surface area contributed by atoms with Gasteiger partial charge in [0.25, 0.3) is 0 Å². The Hall–Kier alpha value is -0.340. The van der Waals surface area contributed by atoms with Gasteiger partial charge in [-0.2, -0.15) is 0 Å². The Balaban J connectivity index is 1.61. The normalized spacial score (nSPS) is 24.1. The number of hydrogen-bond acceptors (Lipinski definition) is 1. The summed E-state index contributed by atoms with van der Waals surface area (Å²) in [7, 11) is 0. The Kier molecular flexibility index (Phi) is 5.71. The molecule has 1 aliphatic rings. The van der Waals surface area contributed by atoms with Gasteiger partial charge < -0.3 is 5.32 Å². The zero-order valence-corrected chi connectivity index (χ0v) is 12.9. The predicted molar refractivity (Wildman–Crippen MR) is 81.6 cm³/mol. The first-order valence-corrected chi connectivity index (χ1v) is 7.98. The average Bonchev–Trinajstić information content (AvgIpc) is 2.37. The maximum absolute atomic E-state index is 3.57. The van der Waals surface area contributed by atoms with Crippen molar-refractivity contribution in [3.05, 3.63) is 34.3 Å². The number of rotatable bonds is 5. The Morgan fingerprint density at radius 2 is 2.00 bits per heavy atom. The molecule has 0 aliphatic heterocycles. The number of nitrogens with one attached hydrogen (secondary N) is 1. The van der Waals surface area contributed by atoms with E-state index in [4.69, 9.17) is 0 Å². The highest BCUT2D eigenvalue weighted by Crippen LogP contribution is 2.29. The minimum Gasteiger partial charge on any atom is -0.313 e. The lowest BCUT2D eigenvalue weighted by atomic mass is 9.81. The van der Waals surface area contributed by atoms with Crippen LogP contribution in [-0.4, -0.2) is 6.54 Å². The molecule has 1 fully saturated rings. The third kappa shape index (κ3) is 4.74. The summed E-state index contributed by atoms with van der Waals surface area (Å²) in [5, 5.41) is 3.57. The monoisotopic (exact) mass is 309 g/mol. The molecule has 0 spiro atoms. The summed E-state index contributed by atoms with van der Waals surface area (Å²) in [5.74, 6) is 1.94. The van der Waals surface area contributed by atoms with Crippen LogP contribution in [-0.2, 0) is 6.54 Å². The molecule has 0 atom stereocenters. The standard InChI is InChI=1S/C16H24BrN/c1-13-5-7-14(8-6-13)9-10-18-12-15-3-2-4-16(17)11-15/h2-4,11,13-14,18H,5-10,12H2,1H3. The van der Waals surface area contributed by atoms with Crippen LogP contribution in [0.25, 0.3) is 0 Å². The van der Waals surface area contributed by atoms with Crippen LogP contribution in [0.4, 0.5) is 0 Å². The fourth-order valence-electron chi connectivity index (χ4n) is 2.80. The van der Waals surface area contributed by atoms with Crippen LogP contribution in [0.1, 0.15) is 44.6 Å². The summed E-state index contributed by atoms with van der Waals surface area (Å²) in [6.07, 6.45) is 7.12. The third-order valence-electron chi connectivity index (χ3n) is 4.08. The predicted octanol–water partition coefficient (Wildman–Crippen LogP) is 4.76. The molecule has 100 valence electrons. The van der Waals surface area contributed by atoms with E-state index in [0.29, 0.717) is 0 Å². The molecule has 0 radical (unpaired) electrons. The van der Waals surface area contributed by atoms with Gasteiger partial charge in [-0.25, -0.2) is 0 Å². The van der Waals surface area contributed by atoms with Crippen LogP contribution in [0.3, 0.4) is 0 Å². The highest BCUT2D eigenvalue weighted by Gasteiger charge is 2.17. The summed E-state index contributed by atoms with van der Waals surface area (Å²) >= 11 is 3.51. The Bertz CT molecular complexity index is 356. The van der Waals surface area contributed by atoms with Crippen molar-refractivity contribution in [2.24, 2.45) is 11.8 Å². The molecule has 0 amide bonds. The molecule has 0 bridgehead atoms. The topological polar surface area (TPSA) is 12.0 Å². The molecule has 18 heavy (non-hydrogen) atoms. The lowest BCUT2D eigenvalue weighted by Gasteiger charge is -2.26. The second kappa shape index (κ2) is 7.30. The van der Waals surface area contributed by atoms with Crippen molar-refractivity contribution < 1.29 is 0 Å². The SMILES string of the molecule is CC1CCC(CCNCc2cccc(Br)c2)CC1. The molecule has 1 aromatic rings. The molecular formula is C16H24BrN. The van der Waals surface area contributed by atoms with Crippen molar-refractivity contribution >= 4 is 15.9 Å². The summed E-state index contributed by atoms with van der Waals surface area (Å²) in [6.45, 7) is 4.54. The Morgan fingerprint density at radius 1 is 1.22 bits per heavy atom. The van der Waals surface area contributed by atoms with Crippen molar-refractivity contribution in [3.63, 3.8) is 0 Å². The van der Waals surface area contributed by atoms with E-state index >= 15 is 0 Å². The maximum atomic E-state index is 3.57. The van der Waals surface area contributed by atoms with Crippen LogP contribution >= 0.6 is 15.9 Å². The maximum Gasteiger partial charge on any atom is 0.0205 e. The lowest BCUT2D eigenvalue weighted by molar-refractivity contribution is 0.275. The third-order valence-corrected chi connectivity index (χ3v) is 4.58. The molecule has 1 aliphatic carbocycles. The Morgan fingerprint density at radius 3 is 2.72 bits per heavy atom. The first-order chi connectivity index (χ1) is 8.74. The molecule has 0 unspecified atom stereocenters. The van der Waals surface area contributed by atoms with E-state index < -0.39 is 0 Å². The van der Waals surface area contributed by atoms with Crippen LogP contribution in [0.2, 0.25) is 0 Å². The van der Waals surface area contributed by atoms with E-state index in [9.17, 15) is 0 Å². The van der Waals surface area contributed by atoms with Gasteiger partial charge in [-0.15, -0.1) is 0 Å². The Labute approximate surface area is 119 Å². The van der Waals surface area contributed by atoms with Crippen LogP contribution in [0.15, 0.2) is 28.7 Å². The summed E-state index contributed by atoms with van der Waals surface area (Å²) in [6, 6.07) is 8.55. The van der Waals surface area contributed by atoms with E-state index in [1.165, 1.54) is 42.1 Å². The highest BCUT2D eigenvalue weighted by molar-refractivity contribution is 9.10. The number of benzene rings is 1. The van der Waals surface area contributed by atoms with Crippen molar-refractivity contribution in [2.75, 3.05) is 6.54 Å². The van der Waals surface area contributed by atoms with Gasteiger partial charge in [0.1, 0.15) is 0 Å². The van der Waals surface area contributed by atoms with Gasteiger partial charge in [-0.3, -0.25) is 0 Å². The molecular weight excluding hydrogens is 286 g/mol. The number of halogens is 1. The summed E-state index contributed by atoms with van der Waals surface area (Å²) < 4.78 is 1.17. The lowest BCUT2D eigenvalue weighted by Crippen LogP contribution is -2.20. The fourth-order valence-corrected chi connectivity index (χ4v) is 3.25. The van der Waals surface area contributed by atoms with E-state index in [1.807, 2.05) is 0 Å². The molecule has 1 saturated carbocycles. The van der Waals surface area contributed by atoms with Crippen molar-refractivity contribution in [2.45, 2.75) is 45.6 Å². The minimum absolute atomic E-state index is 0.968. The van der Waals surface area contributed by atoms with Crippen molar-refractivity contribution in [1.82, 2.24) is 5.32 Å². The van der Waals surface area contributed by atoms with Gasteiger partial charge in [0.2, 0.25) is 0 Å².